The first kappa shape index (κ1) is 21.5. The Hall–Kier alpha value is -3.16. The van der Waals surface area contributed by atoms with Gasteiger partial charge in [0.1, 0.15) is 0 Å². The maximum atomic E-state index is 13.2. The summed E-state index contributed by atoms with van der Waals surface area (Å²) in [7, 11) is 1.62. The van der Waals surface area contributed by atoms with Crippen LogP contribution < -0.4 is 0 Å². The molecule has 0 bridgehead atoms. The predicted molar refractivity (Wildman–Crippen MR) is 110 cm³/mol. The van der Waals surface area contributed by atoms with E-state index in [1.807, 2.05) is 30.3 Å². The quantitative estimate of drug-likeness (QED) is 0.647. The Labute approximate surface area is 176 Å². The monoisotopic (exact) mass is 412 g/mol. The number of ether oxygens (including phenoxy) is 1. The van der Waals surface area contributed by atoms with Crippen molar-refractivity contribution in [1.82, 2.24) is 19.6 Å². The standard InChI is InChI=1S/C22H28N4O4/c1-3-30-22(29)18-11-7-13-25(15-18)19(27)16-24(2)21(28)20(26-14-8-12-23-26)17-9-5-4-6-10-17/h4-6,8-10,12,14,18,20H,3,7,11,13,15-16H2,1-2H3. The van der Waals surface area contributed by atoms with Crippen molar-refractivity contribution in [2.24, 2.45) is 5.92 Å². The maximum Gasteiger partial charge on any atom is 0.310 e. The molecule has 1 saturated heterocycles. The highest BCUT2D eigenvalue weighted by Crippen LogP contribution is 2.21. The van der Waals surface area contributed by atoms with Gasteiger partial charge in [0, 0.05) is 32.5 Å². The first-order valence-electron chi connectivity index (χ1n) is 10.2. The van der Waals surface area contributed by atoms with Crippen LogP contribution in [0.25, 0.3) is 0 Å². The molecule has 2 unspecified atom stereocenters. The van der Waals surface area contributed by atoms with Crippen LogP contribution in [0.2, 0.25) is 0 Å². The van der Waals surface area contributed by atoms with Gasteiger partial charge in [-0.3, -0.25) is 19.1 Å². The van der Waals surface area contributed by atoms with E-state index in [1.165, 1.54) is 4.90 Å². The second-order valence-electron chi connectivity index (χ2n) is 7.42. The molecule has 1 aliphatic rings. The summed E-state index contributed by atoms with van der Waals surface area (Å²) in [6.07, 6.45) is 4.82. The molecular formula is C22H28N4O4. The maximum absolute atomic E-state index is 13.2. The third-order valence-corrected chi connectivity index (χ3v) is 5.28. The zero-order chi connectivity index (χ0) is 21.5. The van der Waals surface area contributed by atoms with Gasteiger partial charge in [-0.05, 0) is 31.4 Å². The molecule has 1 fully saturated rings. The number of carbonyl (C=O) groups is 3. The van der Waals surface area contributed by atoms with Crippen LogP contribution in [0.1, 0.15) is 31.4 Å². The van der Waals surface area contributed by atoms with Crippen LogP contribution in [0.15, 0.2) is 48.8 Å². The number of rotatable bonds is 7. The molecule has 30 heavy (non-hydrogen) atoms. The van der Waals surface area contributed by atoms with Gasteiger partial charge in [0.15, 0.2) is 6.04 Å². The number of likely N-dealkylation sites (tertiary alicyclic amines) is 1. The molecule has 2 heterocycles. The van der Waals surface area contributed by atoms with Crippen LogP contribution in [-0.2, 0) is 19.1 Å². The minimum atomic E-state index is -0.646. The number of amides is 2. The fraction of sp³-hybridized carbons (Fsp3) is 0.455. The van der Waals surface area contributed by atoms with E-state index in [2.05, 4.69) is 5.10 Å². The topological polar surface area (TPSA) is 84.7 Å². The lowest BCUT2D eigenvalue weighted by molar-refractivity contribution is -0.152. The fourth-order valence-electron chi connectivity index (χ4n) is 3.72. The van der Waals surface area contributed by atoms with Crippen molar-refractivity contribution in [3.8, 4) is 0 Å². The molecule has 8 nitrogen and oxygen atoms in total. The summed E-state index contributed by atoms with van der Waals surface area (Å²) >= 11 is 0. The average Bonchev–Trinajstić information content (AvgIpc) is 3.29. The normalized spacial score (nSPS) is 17.3. The Bertz CT molecular complexity index is 853. The molecule has 1 aromatic carbocycles. The van der Waals surface area contributed by atoms with Crippen LogP contribution in [0.3, 0.4) is 0 Å². The van der Waals surface area contributed by atoms with Gasteiger partial charge in [-0.1, -0.05) is 30.3 Å². The van der Waals surface area contributed by atoms with E-state index in [-0.39, 0.29) is 30.2 Å². The fourth-order valence-corrected chi connectivity index (χ4v) is 3.72. The summed E-state index contributed by atoms with van der Waals surface area (Å²) in [6, 6.07) is 10.5. The minimum Gasteiger partial charge on any atom is -0.466 e. The highest BCUT2D eigenvalue weighted by Gasteiger charge is 2.32. The van der Waals surface area contributed by atoms with E-state index in [0.29, 0.717) is 26.1 Å². The molecule has 2 amide bonds. The summed E-state index contributed by atoms with van der Waals surface area (Å²) in [4.78, 5) is 41.2. The lowest BCUT2D eigenvalue weighted by Crippen LogP contribution is -2.48. The van der Waals surface area contributed by atoms with E-state index in [0.717, 1.165) is 12.0 Å². The van der Waals surface area contributed by atoms with Gasteiger partial charge in [0.05, 0.1) is 19.1 Å². The molecule has 1 aliphatic heterocycles. The number of likely N-dealkylation sites (N-methyl/N-ethyl adjacent to an activating group) is 1. The van der Waals surface area contributed by atoms with Gasteiger partial charge in [0.2, 0.25) is 5.91 Å². The number of hydrogen-bond acceptors (Lipinski definition) is 5. The molecule has 8 heteroatoms. The van der Waals surface area contributed by atoms with Crippen LogP contribution >= 0.6 is 0 Å². The highest BCUT2D eigenvalue weighted by atomic mass is 16.5. The van der Waals surface area contributed by atoms with Crippen LogP contribution in [0.4, 0.5) is 0 Å². The number of benzene rings is 1. The van der Waals surface area contributed by atoms with Gasteiger partial charge in [-0.25, -0.2) is 0 Å². The van der Waals surface area contributed by atoms with Gasteiger partial charge in [-0.2, -0.15) is 5.10 Å². The number of aromatic nitrogens is 2. The van der Waals surface area contributed by atoms with Crippen molar-refractivity contribution in [3.63, 3.8) is 0 Å². The van der Waals surface area contributed by atoms with Gasteiger partial charge in [0.25, 0.3) is 5.91 Å². The molecule has 0 aliphatic carbocycles. The van der Waals surface area contributed by atoms with E-state index in [1.54, 1.807) is 42.0 Å². The highest BCUT2D eigenvalue weighted by molar-refractivity contribution is 5.88. The van der Waals surface area contributed by atoms with Crippen molar-refractivity contribution < 1.29 is 19.1 Å². The number of hydrogen-bond donors (Lipinski definition) is 0. The smallest absolute Gasteiger partial charge is 0.310 e. The minimum absolute atomic E-state index is 0.0566. The number of esters is 1. The van der Waals surface area contributed by atoms with Crippen molar-refractivity contribution in [3.05, 3.63) is 54.4 Å². The summed E-state index contributed by atoms with van der Waals surface area (Å²) in [5, 5.41) is 4.23. The number of piperidine rings is 1. The second-order valence-corrected chi connectivity index (χ2v) is 7.42. The SMILES string of the molecule is CCOC(=O)C1CCCN(C(=O)CN(C)C(=O)C(c2ccccc2)n2cccn2)C1. The zero-order valence-corrected chi connectivity index (χ0v) is 17.4. The second kappa shape index (κ2) is 10.0. The van der Waals surface area contributed by atoms with E-state index >= 15 is 0 Å². The third-order valence-electron chi connectivity index (χ3n) is 5.28. The summed E-state index contributed by atoms with van der Waals surface area (Å²) in [5.41, 5.74) is 0.797. The molecule has 0 radical (unpaired) electrons. The van der Waals surface area contributed by atoms with Crippen LogP contribution in [-0.4, -0.2) is 70.7 Å². The van der Waals surface area contributed by atoms with Gasteiger partial charge in [-0.15, -0.1) is 0 Å². The molecule has 160 valence electrons. The van der Waals surface area contributed by atoms with E-state index in [9.17, 15) is 14.4 Å². The lowest BCUT2D eigenvalue weighted by atomic mass is 9.98. The molecule has 1 aromatic heterocycles. The largest absolute Gasteiger partial charge is 0.466 e. The van der Waals surface area contributed by atoms with E-state index in [4.69, 9.17) is 4.74 Å². The van der Waals surface area contributed by atoms with Crippen LogP contribution in [0.5, 0.6) is 0 Å². The van der Waals surface area contributed by atoms with Crippen molar-refractivity contribution in [1.29, 1.82) is 0 Å². The molecule has 0 N–H and O–H groups in total. The molecule has 2 aromatic rings. The summed E-state index contributed by atoms with van der Waals surface area (Å²) < 4.78 is 6.69. The Morgan fingerprint density at radius 3 is 2.67 bits per heavy atom. The Kier molecular flexibility index (Phi) is 7.21. The molecular weight excluding hydrogens is 384 g/mol. The van der Waals surface area contributed by atoms with Gasteiger partial charge >= 0.3 is 5.97 Å². The molecule has 0 spiro atoms. The Morgan fingerprint density at radius 2 is 2.00 bits per heavy atom. The van der Waals surface area contributed by atoms with E-state index < -0.39 is 6.04 Å². The van der Waals surface area contributed by atoms with Crippen molar-refractivity contribution in [2.45, 2.75) is 25.8 Å². The van der Waals surface area contributed by atoms with Crippen molar-refractivity contribution >= 4 is 17.8 Å². The Morgan fingerprint density at radius 1 is 1.23 bits per heavy atom. The zero-order valence-electron chi connectivity index (χ0n) is 17.4. The summed E-state index contributed by atoms with van der Waals surface area (Å²) in [5.74, 6) is -0.962. The first-order chi connectivity index (χ1) is 14.5. The summed E-state index contributed by atoms with van der Waals surface area (Å²) in [6.45, 7) is 2.96. The number of carbonyl (C=O) groups excluding carboxylic acids is 3. The third kappa shape index (κ3) is 5.06. The average molecular weight is 412 g/mol. The van der Waals surface area contributed by atoms with Gasteiger partial charge < -0.3 is 14.5 Å². The predicted octanol–water partition coefficient (Wildman–Crippen LogP) is 1.73. The first-order valence-corrected chi connectivity index (χ1v) is 10.2. The molecule has 0 saturated carbocycles. The molecule has 2 atom stereocenters. The number of nitrogens with zero attached hydrogens (tertiary/aromatic N) is 4. The Balaban J connectivity index is 1.67. The van der Waals surface area contributed by atoms with Crippen molar-refractivity contribution in [2.75, 3.05) is 33.3 Å². The lowest BCUT2D eigenvalue weighted by Gasteiger charge is -2.33. The molecule has 3 rings (SSSR count). The van der Waals surface area contributed by atoms with Crippen LogP contribution in [0, 0.1) is 5.92 Å².